The fraction of sp³-hybridized carbons (Fsp3) is 0.462. The number of nitrogens with zero attached hydrogens (tertiary/aromatic N) is 1. The number of hydrogen-bond acceptors (Lipinski definition) is 4. The van der Waals surface area contributed by atoms with Gasteiger partial charge < -0.3 is 9.84 Å². The van der Waals surface area contributed by atoms with Crippen molar-refractivity contribution in [2.45, 2.75) is 38.7 Å². The summed E-state index contributed by atoms with van der Waals surface area (Å²) in [5.41, 5.74) is -0.993. The summed E-state index contributed by atoms with van der Waals surface area (Å²) >= 11 is 0. The first-order valence-corrected chi connectivity index (χ1v) is 5.83. The van der Waals surface area contributed by atoms with Gasteiger partial charge in [-0.05, 0) is 19.9 Å². The normalized spacial score (nSPS) is 18.5. The number of hydrogen-bond donors (Lipinski definition) is 1. The van der Waals surface area contributed by atoms with E-state index >= 15 is 0 Å². The Labute approximate surface area is 110 Å². The van der Waals surface area contributed by atoms with Crippen LogP contribution in [0.1, 0.15) is 43.6 Å². The largest absolute Gasteiger partial charge is 0.480 e. The van der Waals surface area contributed by atoms with Crippen LogP contribution in [0.25, 0.3) is 0 Å². The number of carbonyl (C=O) groups is 1. The van der Waals surface area contributed by atoms with Crippen molar-refractivity contribution < 1.29 is 19.6 Å². The average Bonchev–Trinajstić information content (AvgIpc) is 2.44. The van der Waals surface area contributed by atoms with Crippen LogP contribution < -0.4 is 4.74 Å². The van der Waals surface area contributed by atoms with Gasteiger partial charge in [0.15, 0.2) is 0 Å². The molecule has 1 aliphatic heterocycles. The first-order chi connectivity index (χ1) is 8.58. The third kappa shape index (κ3) is 1.75. The summed E-state index contributed by atoms with van der Waals surface area (Å²) in [7, 11) is 0. The molecule has 1 aliphatic rings. The molecule has 0 radical (unpaired) electrons. The summed E-state index contributed by atoms with van der Waals surface area (Å²) < 4.78 is 5.70. The maximum absolute atomic E-state index is 11.1. The topological polar surface area (TPSA) is 89.7 Å². The molecule has 0 unspecified atom stereocenters. The summed E-state index contributed by atoms with van der Waals surface area (Å²) in [6, 6.07) is 2.50. The van der Waals surface area contributed by atoms with E-state index in [1.807, 2.05) is 27.7 Å². The summed E-state index contributed by atoms with van der Waals surface area (Å²) in [5, 5.41) is 20.1. The molecule has 2 rings (SSSR count). The lowest BCUT2D eigenvalue weighted by atomic mass is 9.73. The van der Waals surface area contributed by atoms with E-state index in [0.717, 1.165) is 6.07 Å². The maximum Gasteiger partial charge on any atom is 0.335 e. The molecule has 6 nitrogen and oxygen atoms in total. The van der Waals surface area contributed by atoms with Crippen molar-refractivity contribution in [2.75, 3.05) is 0 Å². The Morgan fingerprint density at radius 1 is 1.32 bits per heavy atom. The smallest absolute Gasteiger partial charge is 0.335 e. The van der Waals surface area contributed by atoms with Crippen molar-refractivity contribution in [3.63, 3.8) is 0 Å². The Morgan fingerprint density at radius 3 is 2.37 bits per heavy atom. The monoisotopic (exact) mass is 265 g/mol. The van der Waals surface area contributed by atoms with E-state index in [1.165, 1.54) is 6.07 Å². The first kappa shape index (κ1) is 13.3. The van der Waals surface area contributed by atoms with Crippen molar-refractivity contribution >= 4 is 11.7 Å². The SMILES string of the molecule is CC1(C)Oc2c([N+](=O)[O-])cc(C(=O)O)cc2C1(C)C. The van der Waals surface area contributed by atoms with Gasteiger partial charge in [-0.15, -0.1) is 0 Å². The quantitative estimate of drug-likeness (QED) is 0.656. The maximum atomic E-state index is 11.1. The number of benzene rings is 1. The van der Waals surface area contributed by atoms with Gasteiger partial charge in [0.05, 0.1) is 10.5 Å². The lowest BCUT2D eigenvalue weighted by Crippen LogP contribution is -2.42. The van der Waals surface area contributed by atoms with Crippen molar-refractivity contribution in [3.05, 3.63) is 33.4 Å². The molecule has 0 aliphatic carbocycles. The van der Waals surface area contributed by atoms with Gasteiger partial charge in [-0.2, -0.15) is 0 Å². The highest BCUT2D eigenvalue weighted by atomic mass is 16.6. The number of rotatable bonds is 2. The first-order valence-electron chi connectivity index (χ1n) is 5.83. The summed E-state index contributed by atoms with van der Waals surface area (Å²) in [6.07, 6.45) is 0. The predicted molar refractivity (Wildman–Crippen MR) is 67.8 cm³/mol. The number of ether oxygens (including phenoxy) is 1. The zero-order valence-electron chi connectivity index (χ0n) is 11.2. The molecule has 0 saturated heterocycles. The third-order valence-electron chi connectivity index (χ3n) is 4.05. The molecule has 1 aromatic rings. The fourth-order valence-corrected chi connectivity index (χ4v) is 2.15. The lowest BCUT2D eigenvalue weighted by molar-refractivity contribution is -0.386. The van der Waals surface area contributed by atoms with Crippen LogP contribution in [0, 0.1) is 10.1 Å². The highest BCUT2D eigenvalue weighted by Gasteiger charge is 2.51. The van der Waals surface area contributed by atoms with Gasteiger partial charge in [-0.3, -0.25) is 10.1 Å². The van der Waals surface area contributed by atoms with E-state index in [-0.39, 0.29) is 17.0 Å². The molecule has 0 fully saturated rings. The van der Waals surface area contributed by atoms with Crippen molar-refractivity contribution in [3.8, 4) is 5.75 Å². The number of carboxylic acid groups (broad SMARTS) is 1. The lowest BCUT2D eigenvalue weighted by Gasteiger charge is -2.33. The molecule has 102 valence electrons. The van der Waals surface area contributed by atoms with E-state index < -0.39 is 21.9 Å². The van der Waals surface area contributed by atoms with Gasteiger partial charge in [0, 0.05) is 17.0 Å². The van der Waals surface area contributed by atoms with Crippen LogP contribution in [-0.2, 0) is 5.41 Å². The molecule has 1 aromatic carbocycles. The van der Waals surface area contributed by atoms with Crippen LogP contribution in [0.3, 0.4) is 0 Å². The van der Waals surface area contributed by atoms with Gasteiger partial charge in [0.2, 0.25) is 5.75 Å². The average molecular weight is 265 g/mol. The minimum absolute atomic E-state index is 0.0974. The van der Waals surface area contributed by atoms with Gasteiger partial charge in [0.1, 0.15) is 5.60 Å². The Morgan fingerprint density at radius 2 is 1.89 bits per heavy atom. The summed E-state index contributed by atoms with van der Waals surface area (Å²) in [6.45, 7) is 7.43. The molecule has 0 saturated carbocycles. The number of nitro benzene ring substituents is 1. The van der Waals surface area contributed by atoms with Crippen molar-refractivity contribution in [2.24, 2.45) is 0 Å². The third-order valence-corrected chi connectivity index (χ3v) is 4.05. The summed E-state index contributed by atoms with van der Waals surface area (Å²) in [5.74, 6) is -1.02. The predicted octanol–water partition coefficient (Wildman–Crippen LogP) is 2.74. The highest BCUT2D eigenvalue weighted by Crippen LogP contribution is 2.52. The van der Waals surface area contributed by atoms with E-state index in [2.05, 4.69) is 0 Å². The van der Waals surface area contributed by atoms with Crippen LogP contribution >= 0.6 is 0 Å². The number of aromatic carboxylic acids is 1. The van der Waals surface area contributed by atoms with Gasteiger partial charge in [0.25, 0.3) is 0 Å². The van der Waals surface area contributed by atoms with Gasteiger partial charge in [-0.25, -0.2) is 4.79 Å². The van der Waals surface area contributed by atoms with Crippen LogP contribution in [0.4, 0.5) is 5.69 Å². The zero-order chi connectivity index (χ0) is 14.6. The van der Waals surface area contributed by atoms with Crippen molar-refractivity contribution in [1.29, 1.82) is 0 Å². The fourth-order valence-electron chi connectivity index (χ4n) is 2.15. The molecule has 0 spiro atoms. The van der Waals surface area contributed by atoms with E-state index in [0.29, 0.717) is 5.56 Å². The standard InChI is InChI=1S/C13H15NO5/c1-12(2)8-5-7(11(15)16)6-9(14(17)18)10(8)19-13(12,3)4/h5-6H,1-4H3,(H,15,16). The Balaban J connectivity index is 2.78. The van der Waals surface area contributed by atoms with Crippen LogP contribution in [-0.4, -0.2) is 21.6 Å². The highest BCUT2D eigenvalue weighted by molar-refractivity contribution is 5.90. The molecule has 0 amide bonds. The molecule has 19 heavy (non-hydrogen) atoms. The minimum atomic E-state index is -1.19. The van der Waals surface area contributed by atoms with Crippen molar-refractivity contribution in [1.82, 2.24) is 0 Å². The van der Waals surface area contributed by atoms with Gasteiger partial charge >= 0.3 is 11.7 Å². The Hall–Kier alpha value is -2.11. The zero-order valence-corrected chi connectivity index (χ0v) is 11.2. The van der Waals surface area contributed by atoms with Gasteiger partial charge in [-0.1, -0.05) is 13.8 Å². The van der Waals surface area contributed by atoms with E-state index in [9.17, 15) is 14.9 Å². The number of nitro groups is 1. The Kier molecular flexibility index (Phi) is 2.59. The van der Waals surface area contributed by atoms with E-state index in [4.69, 9.17) is 9.84 Å². The van der Waals surface area contributed by atoms with Crippen LogP contribution in [0.2, 0.25) is 0 Å². The second kappa shape index (κ2) is 3.69. The van der Waals surface area contributed by atoms with E-state index in [1.54, 1.807) is 0 Å². The molecule has 1 N–H and O–H groups in total. The second-order valence-electron chi connectivity index (χ2n) is 5.67. The molecule has 0 aromatic heterocycles. The molecule has 0 bridgehead atoms. The molecule has 1 heterocycles. The molecular weight excluding hydrogens is 250 g/mol. The molecular formula is C13H15NO5. The summed E-state index contributed by atoms with van der Waals surface area (Å²) in [4.78, 5) is 21.6. The Bertz CT molecular complexity index is 589. The minimum Gasteiger partial charge on any atom is -0.480 e. The molecule has 0 atom stereocenters. The number of carboxylic acids is 1. The number of fused-ring (bicyclic) bond motifs is 1. The second-order valence-corrected chi connectivity index (χ2v) is 5.67. The van der Waals surface area contributed by atoms with Crippen LogP contribution in [0.15, 0.2) is 12.1 Å². The van der Waals surface area contributed by atoms with Crippen LogP contribution in [0.5, 0.6) is 5.75 Å². The molecule has 6 heteroatoms.